The van der Waals surface area contributed by atoms with Gasteiger partial charge in [0.25, 0.3) is 5.56 Å². The third-order valence-electron chi connectivity index (χ3n) is 7.00. The van der Waals surface area contributed by atoms with Gasteiger partial charge < -0.3 is 19.3 Å². The largest absolute Gasteiger partial charge is 0.465 e. The Hall–Kier alpha value is -3.49. The van der Waals surface area contributed by atoms with Crippen LogP contribution in [0.5, 0.6) is 0 Å². The fourth-order valence-corrected chi connectivity index (χ4v) is 6.70. The SMILES string of the molecule is CCCCOC(=O)C(C)NP(=O)(/C=C/[C@@H]1C[C@@H](O)[C@H](N2Nc3ccc(=O)nc4ncnc2c34)O1)N[C@@H](C)C(=O)OCCCC. The Kier molecular flexibility index (Phi) is 11.4. The number of nitrogens with zero attached hydrogens (tertiary/aromatic N) is 4. The summed E-state index contributed by atoms with van der Waals surface area (Å²) in [7, 11) is -3.76. The molecule has 2 aromatic heterocycles. The molecular weight excluding hydrogens is 593 g/mol. The van der Waals surface area contributed by atoms with Gasteiger partial charge in [-0.3, -0.25) is 24.4 Å². The van der Waals surface area contributed by atoms with Gasteiger partial charge in [-0.2, -0.15) is 4.98 Å². The van der Waals surface area contributed by atoms with E-state index < -0.39 is 55.5 Å². The molecule has 2 aliphatic rings. The molecule has 15 nitrogen and oxygen atoms in total. The van der Waals surface area contributed by atoms with Crippen LogP contribution in [0.2, 0.25) is 0 Å². The number of hydrazine groups is 1. The van der Waals surface area contributed by atoms with E-state index in [-0.39, 0.29) is 25.3 Å². The van der Waals surface area contributed by atoms with E-state index in [1.54, 1.807) is 6.07 Å². The summed E-state index contributed by atoms with van der Waals surface area (Å²) < 4.78 is 30.7. The lowest BCUT2D eigenvalue weighted by Gasteiger charge is -2.28. The smallest absolute Gasteiger partial charge is 0.323 e. The van der Waals surface area contributed by atoms with Crippen molar-refractivity contribution in [3.63, 3.8) is 0 Å². The molecule has 1 saturated heterocycles. The lowest BCUT2D eigenvalue weighted by Crippen LogP contribution is -2.44. The summed E-state index contributed by atoms with van der Waals surface area (Å²) in [6.07, 6.45) is 3.41. The Morgan fingerprint density at radius 1 is 1.14 bits per heavy atom. The number of hydrogen-bond acceptors (Lipinski definition) is 13. The van der Waals surface area contributed by atoms with Gasteiger partial charge >= 0.3 is 11.9 Å². The molecule has 44 heavy (non-hydrogen) atoms. The van der Waals surface area contributed by atoms with Crippen LogP contribution in [0.4, 0.5) is 11.5 Å². The number of aliphatic hydroxyl groups excluding tert-OH is 1. The van der Waals surface area contributed by atoms with Crippen molar-refractivity contribution >= 4 is 41.9 Å². The van der Waals surface area contributed by atoms with Gasteiger partial charge in [-0.05, 0) is 38.8 Å². The molecule has 4 N–H and O–H groups in total. The molecular formula is C28H40N7O8P. The molecule has 2 unspecified atom stereocenters. The second kappa shape index (κ2) is 15.0. The zero-order valence-corrected chi connectivity index (χ0v) is 26.2. The van der Waals surface area contributed by atoms with Crippen molar-refractivity contribution in [2.24, 2.45) is 0 Å². The predicted octanol–water partition coefficient (Wildman–Crippen LogP) is 2.36. The number of aliphatic hydroxyl groups is 1. The van der Waals surface area contributed by atoms with E-state index in [1.165, 1.54) is 43.1 Å². The summed E-state index contributed by atoms with van der Waals surface area (Å²) in [4.78, 5) is 49.4. The van der Waals surface area contributed by atoms with Crippen LogP contribution >= 0.6 is 7.44 Å². The molecule has 0 radical (unpaired) electrons. The molecule has 1 fully saturated rings. The van der Waals surface area contributed by atoms with E-state index in [0.717, 1.165) is 12.8 Å². The van der Waals surface area contributed by atoms with Crippen LogP contribution in [0.1, 0.15) is 59.8 Å². The number of carbonyl (C=O) groups is 2. The van der Waals surface area contributed by atoms with Crippen molar-refractivity contribution in [2.75, 3.05) is 23.6 Å². The summed E-state index contributed by atoms with van der Waals surface area (Å²) >= 11 is 0. The topological polar surface area (TPSA) is 194 Å². The Bertz CT molecular complexity index is 1440. The molecule has 0 saturated carbocycles. The lowest BCUT2D eigenvalue weighted by atomic mass is 10.2. The Labute approximate surface area is 255 Å². The quantitative estimate of drug-likeness (QED) is 0.127. The standard InChI is InChI=1S/C28H40N7O8P/c1-5-7-12-41-27(38)17(3)33-44(40,34-18(4)28(39)42-13-8-6-2)14-11-19-15-21(36)26(43-19)35-25-23-20(32-35)9-10-22(37)31-24(23)29-16-30-25/h9-11,14,16-19,21,26,32,36H,5-8,12-13,15H2,1-4H3,(H2,33,34,40)/b14-11+/t17-,18?,19+,21+,26+,44?/m0/s1. The lowest BCUT2D eigenvalue weighted by molar-refractivity contribution is -0.145. The van der Waals surface area contributed by atoms with E-state index in [9.17, 15) is 24.1 Å². The van der Waals surface area contributed by atoms with Crippen LogP contribution in [0.3, 0.4) is 0 Å². The molecule has 0 amide bonds. The van der Waals surface area contributed by atoms with Crippen LogP contribution in [0.15, 0.2) is 35.1 Å². The average Bonchev–Trinajstić information content (AvgIpc) is 3.49. The van der Waals surface area contributed by atoms with Gasteiger partial charge in [-0.1, -0.05) is 26.7 Å². The van der Waals surface area contributed by atoms with Gasteiger partial charge in [0.1, 0.15) is 24.5 Å². The number of esters is 2. The molecule has 2 aromatic rings. The minimum atomic E-state index is -3.76. The highest BCUT2D eigenvalue weighted by atomic mass is 31.2. The van der Waals surface area contributed by atoms with E-state index in [4.69, 9.17) is 14.2 Å². The van der Waals surface area contributed by atoms with Crippen LogP contribution < -0.4 is 26.2 Å². The number of rotatable bonds is 15. The number of unbranched alkanes of at least 4 members (excludes halogenated alkanes) is 2. The maximum atomic E-state index is 14.1. The molecule has 0 spiro atoms. The number of hydrogen-bond donors (Lipinski definition) is 4. The summed E-state index contributed by atoms with van der Waals surface area (Å²) in [5, 5.41) is 18.6. The molecule has 240 valence electrons. The van der Waals surface area contributed by atoms with Crippen molar-refractivity contribution in [2.45, 2.75) is 90.3 Å². The number of anilines is 2. The van der Waals surface area contributed by atoms with E-state index >= 15 is 0 Å². The molecule has 0 aromatic carbocycles. The second-order valence-corrected chi connectivity index (χ2v) is 12.8. The van der Waals surface area contributed by atoms with Crippen molar-refractivity contribution < 1.29 is 33.5 Å². The van der Waals surface area contributed by atoms with Crippen LogP contribution in [0, 0.1) is 0 Å². The molecule has 16 heteroatoms. The first-order chi connectivity index (χ1) is 21.0. The maximum Gasteiger partial charge on any atom is 0.323 e. The number of aromatic nitrogens is 3. The van der Waals surface area contributed by atoms with Gasteiger partial charge in [0.15, 0.2) is 17.7 Å². The van der Waals surface area contributed by atoms with Crippen molar-refractivity contribution in [3.8, 4) is 0 Å². The van der Waals surface area contributed by atoms with E-state index in [1.807, 2.05) is 13.8 Å². The zero-order valence-electron chi connectivity index (χ0n) is 25.3. The van der Waals surface area contributed by atoms with Crippen molar-refractivity contribution in [1.29, 1.82) is 0 Å². The predicted molar refractivity (Wildman–Crippen MR) is 163 cm³/mol. The van der Waals surface area contributed by atoms with Crippen LogP contribution in [-0.2, 0) is 28.4 Å². The van der Waals surface area contributed by atoms with Gasteiger partial charge in [-0.15, -0.1) is 0 Å². The molecule has 4 heterocycles. The van der Waals surface area contributed by atoms with Crippen LogP contribution in [-0.4, -0.2) is 75.7 Å². The Morgan fingerprint density at radius 3 is 2.39 bits per heavy atom. The second-order valence-electron chi connectivity index (χ2n) is 10.7. The third-order valence-corrected chi connectivity index (χ3v) is 9.13. The normalized spacial score (nSPS) is 22.0. The highest BCUT2D eigenvalue weighted by molar-refractivity contribution is 7.63. The maximum absolute atomic E-state index is 14.1. The first-order valence-electron chi connectivity index (χ1n) is 14.8. The van der Waals surface area contributed by atoms with E-state index in [2.05, 4.69) is 30.6 Å². The first-order valence-corrected chi connectivity index (χ1v) is 16.6. The monoisotopic (exact) mass is 633 g/mol. The fraction of sp³-hybridized carbons (Fsp3) is 0.571. The minimum absolute atomic E-state index is 0.143. The summed E-state index contributed by atoms with van der Waals surface area (Å²) in [5.41, 5.74) is 3.37. The van der Waals surface area contributed by atoms with Gasteiger partial charge in [0.05, 0.1) is 30.4 Å². The van der Waals surface area contributed by atoms with Gasteiger partial charge in [0.2, 0.25) is 7.44 Å². The summed E-state index contributed by atoms with van der Waals surface area (Å²) in [6.45, 7) is 7.47. The molecule has 4 rings (SSSR count). The first kappa shape index (κ1) is 33.4. The molecule has 0 bridgehead atoms. The summed E-state index contributed by atoms with van der Waals surface area (Å²) in [5.74, 6) is 0.541. The highest BCUT2D eigenvalue weighted by Crippen LogP contribution is 2.42. The molecule has 0 aliphatic carbocycles. The number of nitrogens with one attached hydrogen (secondary N) is 3. The Balaban J connectivity index is 1.50. The fourth-order valence-electron chi connectivity index (χ4n) is 4.66. The number of carbonyl (C=O) groups excluding carboxylic acids is 2. The molecule has 2 aliphatic heterocycles. The van der Waals surface area contributed by atoms with Crippen molar-refractivity contribution in [3.05, 3.63) is 40.7 Å². The minimum Gasteiger partial charge on any atom is -0.465 e. The third kappa shape index (κ3) is 8.16. The number of ether oxygens (including phenoxy) is 3. The van der Waals surface area contributed by atoms with Crippen molar-refractivity contribution in [1.82, 2.24) is 25.1 Å². The van der Waals surface area contributed by atoms with Gasteiger partial charge in [0, 0.05) is 18.3 Å². The average molecular weight is 634 g/mol. The van der Waals surface area contributed by atoms with Crippen LogP contribution in [0.25, 0.3) is 11.0 Å². The van der Waals surface area contributed by atoms with E-state index in [0.29, 0.717) is 29.7 Å². The van der Waals surface area contributed by atoms with Gasteiger partial charge in [-0.25, -0.2) is 25.2 Å². The zero-order chi connectivity index (χ0) is 31.9. The highest BCUT2D eigenvalue weighted by Gasteiger charge is 2.41. The molecule has 6 atom stereocenters. The Morgan fingerprint density at radius 2 is 1.77 bits per heavy atom. The summed E-state index contributed by atoms with van der Waals surface area (Å²) in [6, 6.07) is 0.934.